The fourth-order valence-corrected chi connectivity index (χ4v) is 3.20. The van der Waals surface area contributed by atoms with Crippen molar-refractivity contribution in [2.45, 2.75) is 11.2 Å². The van der Waals surface area contributed by atoms with Crippen LogP contribution in [0, 0.1) is 0 Å². The summed E-state index contributed by atoms with van der Waals surface area (Å²) in [5.74, 6) is 1.03. The van der Waals surface area contributed by atoms with Gasteiger partial charge in [0.25, 0.3) is 0 Å². The van der Waals surface area contributed by atoms with E-state index in [1.807, 2.05) is 6.20 Å². The predicted molar refractivity (Wildman–Crippen MR) is 50.8 cm³/mol. The van der Waals surface area contributed by atoms with Gasteiger partial charge in [0.2, 0.25) is 0 Å². The van der Waals surface area contributed by atoms with Crippen LogP contribution in [0.25, 0.3) is 0 Å². The lowest BCUT2D eigenvalue weighted by Crippen LogP contribution is -3.00. The van der Waals surface area contributed by atoms with Crippen LogP contribution in [0.15, 0.2) is 22.2 Å². The highest BCUT2D eigenvalue weighted by Crippen LogP contribution is 2.23. The van der Waals surface area contributed by atoms with Crippen molar-refractivity contribution < 1.29 is 21.5 Å². The lowest BCUT2D eigenvalue weighted by Gasteiger charge is -2.01. The molecule has 0 saturated heterocycles. The molecular formula is C7H8Br2N2OS. The van der Waals surface area contributed by atoms with Crippen molar-refractivity contribution in [2.75, 3.05) is 11.1 Å². The minimum Gasteiger partial charge on any atom is -1.00 e. The Labute approximate surface area is 98.8 Å². The first-order valence-electron chi connectivity index (χ1n) is 3.64. The van der Waals surface area contributed by atoms with Crippen LogP contribution in [-0.4, -0.2) is 16.1 Å². The maximum atomic E-state index is 10.9. The average molecular weight is 328 g/mol. The molecule has 1 N–H and O–H groups in total. The Kier molecular flexibility index (Phi) is 4.00. The van der Waals surface area contributed by atoms with Crippen molar-refractivity contribution in [1.29, 1.82) is 0 Å². The van der Waals surface area contributed by atoms with E-state index in [1.54, 1.807) is 17.8 Å². The lowest BCUT2D eigenvalue weighted by atomic mass is 10.4. The quantitative estimate of drug-likeness (QED) is 0.358. The highest BCUT2D eigenvalue weighted by molar-refractivity contribution is 9.09. The molecule has 72 valence electrons. The maximum Gasteiger partial charge on any atom is 0.335 e. The Morgan fingerprint density at radius 2 is 2.54 bits per heavy atom. The molecule has 1 aromatic heterocycles. The molecule has 13 heavy (non-hydrogen) atoms. The number of H-pyrrole nitrogens is 1. The van der Waals surface area contributed by atoms with Gasteiger partial charge in [-0.25, -0.2) is 14.3 Å². The molecule has 6 heteroatoms. The summed E-state index contributed by atoms with van der Waals surface area (Å²) >= 11 is 5.13. The Balaban J connectivity index is 0.000000845. The third-order valence-electron chi connectivity index (χ3n) is 1.84. The van der Waals surface area contributed by atoms with E-state index < -0.39 is 0 Å². The molecule has 0 aliphatic carbocycles. The van der Waals surface area contributed by atoms with Gasteiger partial charge in [-0.2, -0.15) is 0 Å². The molecular weight excluding hydrogens is 320 g/mol. The van der Waals surface area contributed by atoms with E-state index in [-0.39, 0.29) is 22.5 Å². The highest BCUT2D eigenvalue weighted by Gasteiger charge is 2.28. The average Bonchev–Trinajstić information content (AvgIpc) is 2.46. The fourth-order valence-electron chi connectivity index (χ4n) is 1.20. The number of aromatic nitrogens is 2. The van der Waals surface area contributed by atoms with E-state index in [2.05, 4.69) is 25.5 Å². The molecule has 3 nitrogen and oxygen atoms in total. The Bertz CT molecular complexity index is 355. The number of hydrogen-bond acceptors (Lipinski definition) is 2. The van der Waals surface area contributed by atoms with Crippen molar-refractivity contribution in [2.24, 2.45) is 0 Å². The van der Waals surface area contributed by atoms with Gasteiger partial charge < -0.3 is 17.0 Å². The van der Waals surface area contributed by atoms with Gasteiger partial charge in [0, 0.05) is 11.1 Å². The van der Waals surface area contributed by atoms with Crippen LogP contribution >= 0.6 is 27.7 Å². The molecule has 0 saturated carbocycles. The van der Waals surface area contributed by atoms with Gasteiger partial charge in [0.05, 0.1) is 12.3 Å². The minimum absolute atomic E-state index is 0. The van der Waals surface area contributed by atoms with E-state index in [0.29, 0.717) is 6.04 Å². The van der Waals surface area contributed by atoms with Crippen LogP contribution in [0.2, 0.25) is 0 Å². The molecule has 1 atom stereocenters. The first kappa shape index (κ1) is 11.3. The molecule has 2 heterocycles. The van der Waals surface area contributed by atoms with Gasteiger partial charge in [-0.1, -0.05) is 15.9 Å². The summed E-state index contributed by atoms with van der Waals surface area (Å²) in [6.45, 7) is 0. The first-order valence-corrected chi connectivity index (χ1v) is 5.75. The van der Waals surface area contributed by atoms with Crippen LogP contribution in [0.4, 0.5) is 0 Å². The van der Waals surface area contributed by atoms with E-state index in [9.17, 15) is 4.79 Å². The number of aromatic amines is 1. The number of thioether (sulfide) groups is 1. The minimum atomic E-state index is -0.0241. The van der Waals surface area contributed by atoms with Gasteiger partial charge in [-0.05, 0) is 11.8 Å². The van der Waals surface area contributed by atoms with Crippen LogP contribution in [0.5, 0.6) is 0 Å². The number of halogens is 2. The number of fused-ring (bicyclic) bond motifs is 1. The molecule has 1 aliphatic rings. The smallest absolute Gasteiger partial charge is 0.335 e. The van der Waals surface area contributed by atoms with E-state index in [0.717, 1.165) is 16.2 Å². The number of nitrogens with one attached hydrogen (secondary N) is 1. The van der Waals surface area contributed by atoms with Crippen molar-refractivity contribution >= 4 is 27.7 Å². The molecule has 0 aromatic carbocycles. The van der Waals surface area contributed by atoms with Crippen molar-refractivity contribution in [3.8, 4) is 0 Å². The molecule has 2 rings (SSSR count). The second-order valence-corrected chi connectivity index (χ2v) is 4.29. The Morgan fingerprint density at radius 1 is 1.77 bits per heavy atom. The number of hydrogen-bond donors (Lipinski definition) is 1. The maximum absolute atomic E-state index is 10.9. The Hall–Kier alpha value is 0.190. The first-order chi connectivity index (χ1) is 5.81. The zero-order valence-electron chi connectivity index (χ0n) is 6.67. The second-order valence-electron chi connectivity index (χ2n) is 2.64. The molecule has 0 fully saturated rings. The van der Waals surface area contributed by atoms with Crippen molar-refractivity contribution in [1.82, 2.24) is 4.98 Å². The molecule has 1 unspecified atom stereocenters. The van der Waals surface area contributed by atoms with Gasteiger partial charge in [-0.3, -0.25) is 0 Å². The Morgan fingerprint density at radius 3 is 3.23 bits per heavy atom. The normalized spacial score (nSPS) is 19.3. The summed E-state index contributed by atoms with van der Waals surface area (Å²) < 4.78 is 2.10. The summed E-state index contributed by atoms with van der Waals surface area (Å²) in [5.41, 5.74) is -0.0241. The molecule has 0 radical (unpaired) electrons. The summed E-state index contributed by atoms with van der Waals surface area (Å²) in [6.07, 6.45) is 1.85. The van der Waals surface area contributed by atoms with Crippen molar-refractivity contribution in [3.63, 3.8) is 0 Å². The number of nitrogens with zero attached hydrogens (tertiary/aromatic N) is 1. The van der Waals surface area contributed by atoms with Gasteiger partial charge in [0.15, 0.2) is 0 Å². The summed E-state index contributed by atoms with van der Waals surface area (Å²) in [4.78, 5) is 13.7. The SMILES string of the molecule is O=c1cc[n+]2c([nH]1)SCC2CBr.[Br-]. The second kappa shape index (κ2) is 4.61. The molecule has 1 aliphatic heterocycles. The van der Waals surface area contributed by atoms with E-state index in [4.69, 9.17) is 0 Å². The van der Waals surface area contributed by atoms with E-state index in [1.165, 1.54) is 0 Å². The summed E-state index contributed by atoms with van der Waals surface area (Å²) in [5, 5.41) is 1.90. The summed E-state index contributed by atoms with van der Waals surface area (Å²) in [6, 6.07) is 2.03. The van der Waals surface area contributed by atoms with E-state index >= 15 is 0 Å². The molecule has 0 bridgehead atoms. The fraction of sp³-hybridized carbons (Fsp3) is 0.429. The predicted octanol–water partition coefficient (Wildman–Crippen LogP) is -2.29. The van der Waals surface area contributed by atoms with Crippen LogP contribution < -0.4 is 27.1 Å². The molecule has 0 spiro atoms. The zero-order chi connectivity index (χ0) is 8.55. The molecule has 1 aromatic rings. The van der Waals surface area contributed by atoms with Crippen LogP contribution in [0.1, 0.15) is 6.04 Å². The highest BCUT2D eigenvalue weighted by atomic mass is 79.9. The third-order valence-corrected chi connectivity index (χ3v) is 3.72. The lowest BCUT2D eigenvalue weighted by molar-refractivity contribution is -0.747. The monoisotopic (exact) mass is 326 g/mol. The van der Waals surface area contributed by atoms with Crippen LogP contribution in [-0.2, 0) is 0 Å². The largest absolute Gasteiger partial charge is 1.00 e. The van der Waals surface area contributed by atoms with Gasteiger partial charge in [-0.15, -0.1) is 0 Å². The summed E-state index contributed by atoms with van der Waals surface area (Å²) in [7, 11) is 0. The zero-order valence-corrected chi connectivity index (χ0v) is 10.7. The molecule has 0 amide bonds. The van der Waals surface area contributed by atoms with Gasteiger partial charge in [0.1, 0.15) is 6.04 Å². The topological polar surface area (TPSA) is 36.7 Å². The van der Waals surface area contributed by atoms with Gasteiger partial charge >= 0.3 is 10.7 Å². The number of alkyl halides is 1. The number of rotatable bonds is 1. The van der Waals surface area contributed by atoms with Crippen LogP contribution in [0.3, 0.4) is 0 Å². The van der Waals surface area contributed by atoms with Crippen molar-refractivity contribution in [3.05, 3.63) is 22.6 Å². The standard InChI is InChI=1S/C7H7BrN2OS.BrH/c8-3-5-4-12-7-9-6(11)1-2-10(5)7;/h1-2,5H,3-4H2;1H. The third kappa shape index (κ3) is 2.16.